The molecular formula is C17H20N4O5S. The minimum Gasteiger partial charge on any atom is -0.495 e. The molecule has 3 N–H and O–H groups in total. The van der Waals surface area contributed by atoms with Crippen LogP contribution in [0.4, 0.5) is 21.3 Å². The van der Waals surface area contributed by atoms with Crippen molar-refractivity contribution in [3.05, 3.63) is 29.3 Å². The molecule has 0 aliphatic heterocycles. The van der Waals surface area contributed by atoms with Gasteiger partial charge in [-0.25, -0.2) is 9.78 Å². The van der Waals surface area contributed by atoms with Gasteiger partial charge in [-0.3, -0.25) is 14.9 Å². The van der Waals surface area contributed by atoms with Crippen molar-refractivity contribution < 1.29 is 23.9 Å². The van der Waals surface area contributed by atoms with Crippen molar-refractivity contribution in [2.45, 2.75) is 20.3 Å². The summed E-state index contributed by atoms with van der Waals surface area (Å²) < 4.78 is 10.00. The number of ether oxygens (including phenoxy) is 2. The zero-order valence-corrected chi connectivity index (χ0v) is 15.9. The number of carbonyl (C=O) groups excluding carboxylic acids is 3. The molecular weight excluding hydrogens is 372 g/mol. The number of anilines is 3. The van der Waals surface area contributed by atoms with Gasteiger partial charge >= 0.3 is 6.09 Å². The summed E-state index contributed by atoms with van der Waals surface area (Å²) in [5.41, 5.74) is 1.46. The summed E-state index contributed by atoms with van der Waals surface area (Å²) in [4.78, 5) is 39.0. The lowest BCUT2D eigenvalue weighted by molar-refractivity contribution is -0.116. The number of nitrogens with zero attached hydrogens (tertiary/aromatic N) is 1. The van der Waals surface area contributed by atoms with Crippen molar-refractivity contribution in [2.75, 3.05) is 29.7 Å². The van der Waals surface area contributed by atoms with Crippen molar-refractivity contribution in [3.63, 3.8) is 0 Å². The van der Waals surface area contributed by atoms with Gasteiger partial charge in [-0.1, -0.05) is 0 Å². The van der Waals surface area contributed by atoms with Gasteiger partial charge in [0.2, 0.25) is 11.8 Å². The molecule has 0 saturated heterocycles. The lowest BCUT2D eigenvalue weighted by atomic mass is 10.2. The first kappa shape index (κ1) is 20.2. The predicted octanol–water partition coefficient (Wildman–Crippen LogP) is 2.86. The van der Waals surface area contributed by atoms with Crippen LogP contribution < -0.4 is 20.7 Å². The van der Waals surface area contributed by atoms with Crippen molar-refractivity contribution >= 4 is 45.8 Å². The number of carbonyl (C=O) groups is 3. The van der Waals surface area contributed by atoms with Gasteiger partial charge in [0.05, 0.1) is 31.5 Å². The number of benzene rings is 1. The topological polar surface area (TPSA) is 119 Å². The minimum absolute atomic E-state index is 0.00846. The summed E-state index contributed by atoms with van der Waals surface area (Å²) in [6.45, 7) is 3.35. The monoisotopic (exact) mass is 392 g/mol. The molecule has 0 atom stereocenters. The third-order valence-electron chi connectivity index (χ3n) is 3.17. The van der Waals surface area contributed by atoms with Gasteiger partial charge in [-0.15, -0.1) is 11.3 Å². The number of rotatable bonds is 7. The minimum atomic E-state index is -0.595. The van der Waals surface area contributed by atoms with E-state index in [2.05, 4.69) is 20.9 Å². The Morgan fingerprint density at radius 2 is 1.96 bits per heavy atom. The lowest BCUT2D eigenvalue weighted by Gasteiger charge is -2.12. The molecule has 2 rings (SSSR count). The number of hydrogen-bond acceptors (Lipinski definition) is 7. The lowest BCUT2D eigenvalue weighted by Crippen LogP contribution is -2.16. The van der Waals surface area contributed by atoms with Gasteiger partial charge in [-0.05, 0) is 25.1 Å². The Kier molecular flexibility index (Phi) is 7.12. The van der Waals surface area contributed by atoms with Gasteiger partial charge < -0.3 is 20.1 Å². The average molecular weight is 392 g/mol. The van der Waals surface area contributed by atoms with Crippen LogP contribution in [0.2, 0.25) is 0 Å². The second kappa shape index (κ2) is 9.53. The molecule has 1 heterocycles. The fraction of sp³-hybridized carbons (Fsp3) is 0.294. The molecule has 2 aromatic rings. The number of nitrogens with one attached hydrogen (secondary N) is 3. The second-order valence-corrected chi connectivity index (χ2v) is 6.17. The zero-order chi connectivity index (χ0) is 19.8. The van der Waals surface area contributed by atoms with Crippen LogP contribution in [0.25, 0.3) is 0 Å². The highest BCUT2D eigenvalue weighted by atomic mass is 32.1. The number of hydrogen-bond donors (Lipinski definition) is 3. The maximum absolute atomic E-state index is 12.3. The fourth-order valence-electron chi connectivity index (χ4n) is 2.15. The number of methoxy groups -OCH3 is 1. The highest BCUT2D eigenvalue weighted by molar-refractivity contribution is 7.13. The van der Waals surface area contributed by atoms with E-state index in [1.165, 1.54) is 25.4 Å². The third kappa shape index (κ3) is 6.26. The molecule has 1 aromatic carbocycles. The summed E-state index contributed by atoms with van der Waals surface area (Å²) >= 11 is 1.19. The Balaban J connectivity index is 2.02. The first-order valence-corrected chi connectivity index (χ1v) is 8.93. The molecule has 0 aliphatic rings. The van der Waals surface area contributed by atoms with Crippen LogP contribution in [0.15, 0.2) is 23.6 Å². The molecule has 144 valence electrons. The van der Waals surface area contributed by atoms with E-state index in [1.54, 1.807) is 30.5 Å². The molecule has 0 fully saturated rings. The number of aromatic nitrogens is 1. The Hall–Kier alpha value is -3.14. The maximum Gasteiger partial charge on any atom is 0.413 e. The largest absolute Gasteiger partial charge is 0.495 e. The molecule has 0 aliphatic carbocycles. The molecule has 10 heteroatoms. The van der Waals surface area contributed by atoms with Crippen molar-refractivity contribution in [1.82, 2.24) is 4.98 Å². The van der Waals surface area contributed by atoms with Crippen molar-refractivity contribution in [1.29, 1.82) is 0 Å². The van der Waals surface area contributed by atoms with Crippen LogP contribution in [0.3, 0.4) is 0 Å². The molecule has 0 bridgehead atoms. The molecule has 1 aromatic heterocycles. The van der Waals surface area contributed by atoms with Gasteiger partial charge in [0.15, 0.2) is 5.13 Å². The standard InChI is InChI=1S/C17H20N4O5S/c1-4-26-17(24)21-16-19-12(9-27-16)8-15(23)20-13-7-11(18-10(2)22)5-6-14(13)25-3/h5-7,9H,4,8H2,1-3H3,(H,18,22)(H,20,23)(H,19,21,24). The van der Waals surface area contributed by atoms with Crippen LogP contribution in [0, 0.1) is 0 Å². The maximum atomic E-state index is 12.3. The number of amides is 3. The molecule has 0 radical (unpaired) electrons. The quantitative estimate of drug-likeness (QED) is 0.667. The van der Waals surface area contributed by atoms with E-state index in [9.17, 15) is 14.4 Å². The van der Waals surface area contributed by atoms with E-state index in [4.69, 9.17) is 9.47 Å². The van der Waals surface area contributed by atoms with Crippen LogP contribution in [0.5, 0.6) is 5.75 Å². The Morgan fingerprint density at radius 1 is 1.19 bits per heavy atom. The summed E-state index contributed by atoms with van der Waals surface area (Å²) in [5.74, 6) is -0.0804. The predicted molar refractivity (Wildman–Crippen MR) is 102 cm³/mol. The summed E-state index contributed by atoms with van der Waals surface area (Å²) in [6, 6.07) is 4.92. The van der Waals surface area contributed by atoms with Gasteiger partial charge in [0.25, 0.3) is 0 Å². The average Bonchev–Trinajstić information content (AvgIpc) is 3.01. The number of thiazole rings is 1. The Bertz CT molecular complexity index is 836. The van der Waals surface area contributed by atoms with E-state index >= 15 is 0 Å². The Labute approximate surface area is 160 Å². The van der Waals surface area contributed by atoms with Crippen LogP contribution in [-0.2, 0) is 20.7 Å². The summed E-state index contributed by atoms with van der Waals surface area (Å²) in [7, 11) is 1.48. The van der Waals surface area contributed by atoms with E-state index in [0.29, 0.717) is 27.9 Å². The molecule has 0 unspecified atom stereocenters. The van der Waals surface area contributed by atoms with Crippen molar-refractivity contribution in [3.8, 4) is 5.75 Å². The second-order valence-electron chi connectivity index (χ2n) is 5.31. The molecule has 27 heavy (non-hydrogen) atoms. The van der Waals surface area contributed by atoms with Crippen LogP contribution in [-0.4, -0.2) is 36.6 Å². The molecule has 3 amide bonds. The van der Waals surface area contributed by atoms with E-state index < -0.39 is 6.09 Å². The van der Waals surface area contributed by atoms with Crippen molar-refractivity contribution in [2.24, 2.45) is 0 Å². The molecule has 9 nitrogen and oxygen atoms in total. The Morgan fingerprint density at radius 3 is 2.63 bits per heavy atom. The van der Waals surface area contributed by atoms with E-state index in [1.807, 2.05) is 0 Å². The normalized spacial score (nSPS) is 10.0. The fourth-order valence-corrected chi connectivity index (χ4v) is 2.84. The first-order chi connectivity index (χ1) is 12.9. The highest BCUT2D eigenvalue weighted by Gasteiger charge is 2.13. The third-order valence-corrected chi connectivity index (χ3v) is 3.98. The van der Waals surface area contributed by atoms with E-state index in [-0.39, 0.29) is 24.8 Å². The summed E-state index contributed by atoms with van der Waals surface area (Å²) in [6.07, 6.45) is -0.587. The van der Waals surface area contributed by atoms with Gasteiger partial charge in [-0.2, -0.15) is 0 Å². The molecule has 0 saturated carbocycles. The van der Waals surface area contributed by atoms with Crippen LogP contribution >= 0.6 is 11.3 Å². The van der Waals surface area contributed by atoms with E-state index in [0.717, 1.165) is 0 Å². The zero-order valence-electron chi connectivity index (χ0n) is 15.1. The van der Waals surface area contributed by atoms with Gasteiger partial charge in [0.1, 0.15) is 5.75 Å². The van der Waals surface area contributed by atoms with Gasteiger partial charge in [0, 0.05) is 18.0 Å². The first-order valence-electron chi connectivity index (χ1n) is 8.05. The smallest absolute Gasteiger partial charge is 0.413 e. The molecule has 0 spiro atoms. The summed E-state index contributed by atoms with van der Waals surface area (Å²) in [5, 5.41) is 9.88. The highest BCUT2D eigenvalue weighted by Crippen LogP contribution is 2.28. The van der Waals surface area contributed by atoms with Crippen LogP contribution in [0.1, 0.15) is 19.5 Å². The SMILES string of the molecule is CCOC(=O)Nc1nc(CC(=O)Nc2cc(NC(C)=O)ccc2OC)cs1.